The molecule has 2 N–H and O–H groups in total. The van der Waals surface area contributed by atoms with Gasteiger partial charge in [0.25, 0.3) is 5.91 Å². The summed E-state index contributed by atoms with van der Waals surface area (Å²) in [6, 6.07) is 4.24. The molecule has 0 aromatic carbocycles. The van der Waals surface area contributed by atoms with Crippen molar-refractivity contribution in [2.24, 2.45) is 0 Å². The predicted octanol–water partition coefficient (Wildman–Crippen LogP) is 1.75. The lowest BCUT2D eigenvalue weighted by Crippen LogP contribution is -2.24. The number of aromatic nitrogens is 1. The smallest absolute Gasteiger partial charge is 0.269 e. The van der Waals surface area contributed by atoms with E-state index >= 15 is 0 Å². The highest BCUT2D eigenvalue weighted by molar-refractivity contribution is 7.99. The summed E-state index contributed by atoms with van der Waals surface area (Å²) >= 11 is 1.96. The predicted molar refractivity (Wildman–Crippen MR) is 71.6 cm³/mol. The summed E-state index contributed by atoms with van der Waals surface area (Å²) in [5.74, 6) is 2.24. The average molecular weight is 251 g/mol. The van der Waals surface area contributed by atoms with Crippen LogP contribution in [0.5, 0.6) is 0 Å². The van der Waals surface area contributed by atoms with Crippen LogP contribution in [0, 0.1) is 0 Å². The lowest BCUT2D eigenvalue weighted by molar-refractivity contribution is 0.0951. The molecule has 0 radical (unpaired) electrons. The van der Waals surface area contributed by atoms with Crippen LogP contribution < -0.4 is 10.6 Å². The van der Waals surface area contributed by atoms with Crippen LogP contribution >= 0.6 is 11.8 Å². The fourth-order valence-electron chi connectivity index (χ4n) is 1.78. The minimum absolute atomic E-state index is 0.114. The van der Waals surface area contributed by atoms with Gasteiger partial charge in [0, 0.05) is 30.2 Å². The molecule has 0 aliphatic carbocycles. The number of anilines is 1. The lowest BCUT2D eigenvalue weighted by Gasteiger charge is -2.13. The maximum absolute atomic E-state index is 11.6. The Morgan fingerprint density at radius 3 is 3.24 bits per heavy atom. The molecule has 2 rings (SSSR count). The van der Waals surface area contributed by atoms with Crippen LogP contribution in [0.1, 0.15) is 23.8 Å². The number of nitrogens with one attached hydrogen (secondary N) is 2. The van der Waals surface area contributed by atoms with Crippen molar-refractivity contribution in [2.45, 2.75) is 19.4 Å². The van der Waals surface area contributed by atoms with Gasteiger partial charge in [-0.05, 0) is 31.2 Å². The number of hydrogen-bond acceptors (Lipinski definition) is 4. The zero-order chi connectivity index (χ0) is 12.1. The van der Waals surface area contributed by atoms with E-state index < -0.39 is 0 Å². The highest BCUT2D eigenvalue weighted by Crippen LogP contribution is 2.21. The van der Waals surface area contributed by atoms with Gasteiger partial charge in [-0.2, -0.15) is 11.8 Å². The summed E-state index contributed by atoms with van der Waals surface area (Å²) in [5.41, 5.74) is 1.45. The fraction of sp³-hybridized carbons (Fsp3) is 0.500. The van der Waals surface area contributed by atoms with E-state index in [2.05, 4.69) is 15.6 Å². The average Bonchev–Trinajstić information content (AvgIpc) is 2.82. The van der Waals surface area contributed by atoms with E-state index in [-0.39, 0.29) is 5.91 Å². The Balaban J connectivity index is 2.02. The quantitative estimate of drug-likeness (QED) is 0.856. The lowest BCUT2D eigenvalue weighted by atomic mass is 10.2. The number of nitrogens with zero attached hydrogens (tertiary/aromatic N) is 1. The Labute approximate surface area is 106 Å². The molecule has 2 heterocycles. The van der Waals surface area contributed by atoms with Crippen LogP contribution in [-0.2, 0) is 0 Å². The van der Waals surface area contributed by atoms with E-state index in [1.165, 1.54) is 12.2 Å². The third-order valence-electron chi connectivity index (χ3n) is 2.63. The monoisotopic (exact) mass is 251 g/mol. The molecule has 1 amide bonds. The molecule has 17 heavy (non-hydrogen) atoms. The third-order valence-corrected chi connectivity index (χ3v) is 3.79. The molecule has 92 valence electrons. The van der Waals surface area contributed by atoms with Gasteiger partial charge in [-0.1, -0.05) is 0 Å². The van der Waals surface area contributed by atoms with Crippen LogP contribution in [0.25, 0.3) is 0 Å². The molecule has 1 aliphatic heterocycles. The number of carbonyl (C=O) groups is 1. The molecule has 1 unspecified atom stereocenters. The van der Waals surface area contributed by atoms with Gasteiger partial charge in [0.1, 0.15) is 5.69 Å². The number of hydrogen-bond donors (Lipinski definition) is 2. The van der Waals surface area contributed by atoms with E-state index in [1.807, 2.05) is 30.8 Å². The first-order chi connectivity index (χ1) is 8.29. The van der Waals surface area contributed by atoms with Crippen molar-refractivity contribution in [1.29, 1.82) is 0 Å². The molecule has 0 saturated carbocycles. The van der Waals surface area contributed by atoms with Crippen LogP contribution in [0.3, 0.4) is 0 Å². The zero-order valence-corrected chi connectivity index (χ0v) is 10.7. The van der Waals surface area contributed by atoms with Crippen molar-refractivity contribution >= 4 is 23.4 Å². The molecule has 1 fully saturated rings. The Bertz CT molecular complexity index is 391. The van der Waals surface area contributed by atoms with Crippen molar-refractivity contribution in [3.05, 3.63) is 24.0 Å². The van der Waals surface area contributed by atoms with E-state index in [9.17, 15) is 4.79 Å². The fourth-order valence-corrected chi connectivity index (χ4v) is 2.93. The minimum atomic E-state index is -0.114. The van der Waals surface area contributed by atoms with E-state index in [4.69, 9.17) is 0 Å². The van der Waals surface area contributed by atoms with Crippen LogP contribution in [-0.4, -0.2) is 35.0 Å². The van der Waals surface area contributed by atoms with Gasteiger partial charge in [-0.25, -0.2) is 0 Å². The number of rotatable bonds is 4. The second-order valence-corrected chi connectivity index (χ2v) is 5.14. The van der Waals surface area contributed by atoms with E-state index in [1.54, 1.807) is 6.20 Å². The SMILES string of the molecule is CCNC(=O)c1cc(NC2CCSC2)ccn1. The van der Waals surface area contributed by atoms with Crippen molar-refractivity contribution in [2.75, 3.05) is 23.4 Å². The Hall–Kier alpha value is -1.23. The number of carbonyl (C=O) groups excluding carboxylic acids is 1. The zero-order valence-electron chi connectivity index (χ0n) is 9.90. The first-order valence-electron chi connectivity index (χ1n) is 5.88. The highest BCUT2D eigenvalue weighted by Gasteiger charge is 2.15. The van der Waals surface area contributed by atoms with Crippen LogP contribution in [0.2, 0.25) is 0 Å². The van der Waals surface area contributed by atoms with Crippen molar-refractivity contribution in [3.8, 4) is 0 Å². The summed E-state index contributed by atoms with van der Waals surface area (Å²) in [6.45, 7) is 2.52. The summed E-state index contributed by atoms with van der Waals surface area (Å²) in [4.78, 5) is 15.7. The summed E-state index contributed by atoms with van der Waals surface area (Å²) in [5, 5.41) is 6.19. The van der Waals surface area contributed by atoms with Gasteiger partial charge in [0.2, 0.25) is 0 Å². The van der Waals surface area contributed by atoms with Crippen LogP contribution in [0.4, 0.5) is 5.69 Å². The highest BCUT2D eigenvalue weighted by atomic mass is 32.2. The number of pyridine rings is 1. The standard InChI is InChI=1S/C12H17N3OS/c1-2-13-12(16)11-7-9(3-5-14-11)15-10-4-6-17-8-10/h3,5,7,10H,2,4,6,8H2,1H3,(H,13,16)(H,14,15). The summed E-state index contributed by atoms with van der Waals surface area (Å²) in [7, 11) is 0. The maximum atomic E-state index is 11.6. The molecule has 1 saturated heterocycles. The van der Waals surface area contributed by atoms with Crippen molar-refractivity contribution in [1.82, 2.24) is 10.3 Å². The number of thioether (sulfide) groups is 1. The molecular weight excluding hydrogens is 234 g/mol. The molecule has 0 spiro atoms. The molecular formula is C12H17N3OS. The summed E-state index contributed by atoms with van der Waals surface area (Å²) in [6.07, 6.45) is 2.86. The molecule has 1 aromatic rings. The molecule has 1 aromatic heterocycles. The molecule has 1 aliphatic rings. The first-order valence-corrected chi connectivity index (χ1v) is 7.03. The van der Waals surface area contributed by atoms with Gasteiger partial charge in [-0.3, -0.25) is 9.78 Å². The topological polar surface area (TPSA) is 54.0 Å². The van der Waals surface area contributed by atoms with E-state index in [0.717, 1.165) is 11.4 Å². The van der Waals surface area contributed by atoms with Crippen LogP contribution in [0.15, 0.2) is 18.3 Å². The normalized spacial score (nSPS) is 19.0. The first kappa shape index (κ1) is 12.2. The van der Waals surface area contributed by atoms with Gasteiger partial charge in [0.05, 0.1) is 0 Å². The second kappa shape index (κ2) is 5.91. The maximum Gasteiger partial charge on any atom is 0.269 e. The van der Waals surface area contributed by atoms with Gasteiger partial charge in [-0.15, -0.1) is 0 Å². The molecule has 0 bridgehead atoms. The minimum Gasteiger partial charge on any atom is -0.381 e. The van der Waals surface area contributed by atoms with Crippen molar-refractivity contribution < 1.29 is 4.79 Å². The van der Waals surface area contributed by atoms with E-state index in [0.29, 0.717) is 18.3 Å². The Morgan fingerprint density at radius 2 is 2.53 bits per heavy atom. The van der Waals surface area contributed by atoms with Gasteiger partial charge < -0.3 is 10.6 Å². The Morgan fingerprint density at radius 1 is 1.65 bits per heavy atom. The molecule has 1 atom stereocenters. The number of amides is 1. The van der Waals surface area contributed by atoms with Crippen molar-refractivity contribution in [3.63, 3.8) is 0 Å². The largest absolute Gasteiger partial charge is 0.381 e. The second-order valence-electron chi connectivity index (χ2n) is 3.99. The third kappa shape index (κ3) is 3.36. The molecule has 4 nitrogen and oxygen atoms in total. The van der Waals surface area contributed by atoms with Gasteiger partial charge in [0.15, 0.2) is 0 Å². The van der Waals surface area contributed by atoms with Gasteiger partial charge >= 0.3 is 0 Å². The Kier molecular flexibility index (Phi) is 4.25. The summed E-state index contributed by atoms with van der Waals surface area (Å²) < 4.78 is 0. The molecule has 5 heteroatoms.